The SMILES string of the molecule is CC(C)(C)N1CC(C(=O)N2CCC(NC(=O)c3ccccc3C(F)(F)F)CC2)CC1=O. The molecule has 1 aromatic carbocycles. The number of benzene rings is 1. The Morgan fingerprint density at radius 3 is 2.23 bits per heavy atom. The van der Waals surface area contributed by atoms with Gasteiger partial charge in [-0.05, 0) is 45.7 Å². The van der Waals surface area contributed by atoms with Crippen LogP contribution in [0.5, 0.6) is 0 Å². The first kappa shape index (κ1) is 23.1. The van der Waals surface area contributed by atoms with Gasteiger partial charge in [0.05, 0.1) is 17.0 Å². The molecule has 2 heterocycles. The standard InChI is InChI=1S/C22H28F3N3O3/c1-21(2,3)28-13-14(12-18(28)29)20(31)27-10-8-15(9-11-27)26-19(30)16-6-4-5-7-17(16)22(23,24)25/h4-7,14-15H,8-13H2,1-3H3,(H,26,30). The van der Waals surface area contributed by atoms with Crippen LogP contribution in [0.1, 0.15) is 56.0 Å². The summed E-state index contributed by atoms with van der Waals surface area (Å²) in [5.41, 5.74) is -1.70. The minimum atomic E-state index is -4.61. The fourth-order valence-electron chi connectivity index (χ4n) is 4.21. The molecule has 0 saturated carbocycles. The van der Waals surface area contributed by atoms with Crippen LogP contribution in [-0.2, 0) is 15.8 Å². The van der Waals surface area contributed by atoms with Crippen LogP contribution < -0.4 is 5.32 Å². The molecule has 2 aliphatic rings. The van der Waals surface area contributed by atoms with Gasteiger partial charge in [0.1, 0.15) is 0 Å². The maximum Gasteiger partial charge on any atom is 0.417 e. The minimum Gasteiger partial charge on any atom is -0.349 e. The summed E-state index contributed by atoms with van der Waals surface area (Å²) >= 11 is 0. The lowest BCUT2D eigenvalue weighted by molar-refractivity contribution is -0.138. The van der Waals surface area contributed by atoms with Gasteiger partial charge >= 0.3 is 6.18 Å². The van der Waals surface area contributed by atoms with Gasteiger partial charge < -0.3 is 15.1 Å². The van der Waals surface area contributed by atoms with Crippen LogP contribution in [-0.4, -0.2) is 58.7 Å². The zero-order valence-electron chi connectivity index (χ0n) is 18.0. The summed E-state index contributed by atoms with van der Waals surface area (Å²) in [4.78, 5) is 41.0. The van der Waals surface area contributed by atoms with Crippen LogP contribution >= 0.6 is 0 Å². The minimum absolute atomic E-state index is 0.0312. The van der Waals surface area contributed by atoms with E-state index in [9.17, 15) is 27.6 Å². The Bertz CT molecular complexity index is 856. The molecule has 3 amide bonds. The summed E-state index contributed by atoms with van der Waals surface area (Å²) in [5, 5.41) is 2.67. The van der Waals surface area contributed by atoms with Crippen LogP contribution in [0.4, 0.5) is 13.2 Å². The molecule has 0 radical (unpaired) electrons. The number of hydrogen-bond acceptors (Lipinski definition) is 3. The highest BCUT2D eigenvalue weighted by atomic mass is 19.4. The third kappa shape index (κ3) is 5.19. The van der Waals surface area contributed by atoms with Gasteiger partial charge in [-0.25, -0.2) is 0 Å². The molecule has 0 bridgehead atoms. The van der Waals surface area contributed by atoms with E-state index in [1.54, 1.807) is 9.80 Å². The molecular weight excluding hydrogens is 411 g/mol. The van der Waals surface area contributed by atoms with E-state index in [4.69, 9.17) is 0 Å². The highest BCUT2D eigenvalue weighted by Crippen LogP contribution is 2.32. The predicted octanol–water partition coefficient (Wildman–Crippen LogP) is 3.07. The molecule has 0 aliphatic carbocycles. The normalized spacial score (nSPS) is 20.8. The lowest BCUT2D eigenvalue weighted by atomic mass is 10.00. The molecule has 2 aliphatic heterocycles. The van der Waals surface area contributed by atoms with Crippen molar-refractivity contribution < 1.29 is 27.6 Å². The average molecular weight is 439 g/mol. The Morgan fingerprint density at radius 1 is 1.06 bits per heavy atom. The van der Waals surface area contributed by atoms with E-state index < -0.39 is 23.2 Å². The highest BCUT2D eigenvalue weighted by molar-refractivity contribution is 5.96. The summed E-state index contributed by atoms with van der Waals surface area (Å²) < 4.78 is 39.5. The van der Waals surface area contributed by atoms with E-state index in [0.717, 1.165) is 12.1 Å². The largest absolute Gasteiger partial charge is 0.417 e. The number of amides is 3. The second-order valence-electron chi connectivity index (χ2n) is 9.19. The van der Waals surface area contributed by atoms with Gasteiger partial charge in [0.25, 0.3) is 5.91 Å². The molecule has 0 spiro atoms. The van der Waals surface area contributed by atoms with Crippen molar-refractivity contribution in [2.45, 2.75) is 57.8 Å². The lowest BCUT2D eigenvalue weighted by Crippen LogP contribution is -2.49. The number of carbonyl (C=O) groups excluding carboxylic acids is 3. The second-order valence-corrected chi connectivity index (χ2v) is 9.19. The Hall–Kier alpha value is -2.58. The molecule has 9 heteroatoms. The number of piperidine rings is 1. The predicted molar refractivity (Wildman–Crippen MR) is 108 cm³/mol. The molecule has 2 saturated heterocycles. The van der Waals surface area contributed by atoms with Gasteiger partial charge in [-0.2, -0.15) is 13.2 Å². The molecule has 1 atom stereocenters. The topological polar surface area (TPSA) is 69.7 Å². The zero-order valence-corrected chi connectivity index (χ0v) is 18.0. The summed E-state index contributed by atoms with van der Waals surface area (Å²) in [5.74, 6) is -1.25. The zero-order chi connectivity index (χ0) is 23.0. The van der Waals surface area contributed by atoms with E-state index in [-0.39, 0.29) is 35.7 Å². The maximum atomic E-state index is 13.2. The van der Waals surface area contributed by atoms with E-state index in [0.29, 0.717) is 32.5 Å². The van der Waals surface area contributed by atoms with E-state index in [1.807, 2.05) is 20.8 Å². The quantitative estimate of drug-likeness (QED) is 0.787. The molecular formula is C22H28F3N3O3. The van der Waals surface area contributed by atoms with Crippen molar-refractivity contribution in [3.8, 4) is 0 Å². The molecule has 3 rings (SSSR count). The van der Waals surface area contributed by atoms with Crippen molar-refractivity contribution >= 4 is 17.7 Å². The average Bonchev–Trinajstić information content (AvgIpc) is 3.09. The first-order chi connectivity index (χ1) is 14.4. The summed E-state index contributed by atoms with van der Waals surface area (Å²) in [6.45, 7) is 6.98. The van der Waals surface area contributed by atoms with Gasteiger partial charge in [-0.1, -0.05) is 12.1 Å². The first-order valence-electron chi connectivity index (χ1n) is 10.4. The molecule has 0 aromatic heterocycles. The molecule has 6 nitrogen and oxygen atoms in total. The number of alkyl halides is 3. The highest BCUT2D eigenvalue weighted by Gasteiger charge is 2.41. The number of carbonyl (C=O) groups is 3. The van der Waals surface area contributed by atoms with Crippen molar-refractivity contribution in [3.63, 3.8) is 0 Å². The maximum absolute atomic E-state index is 13.2. The Kier molecular flexibility index (Phi) is 6.34. The molecule has 170 valence electrons. The van der Waals surface area contributed by atoms with Crippen LogP contribution in [0.2, 0.25) is 0 Å². The van der Waals surface area contributed by atoms with Crippen molar-refractivity contribution in [2.24, 2.45) is 5.92 Å². The van der Waals surface area contributed by atoms with Crippen molar-refractivity contribution in [2.75, 3.05) is 19.6 Å². The molecule has 31 heavy (non-hydrogen) atoms. The molecule has 1 aromatic rings. The van der Waals surface area contributed by atoms with E-state index >= 15 is 0 Å². The van der Waals surface area contributed by atoms with Gasteiger partial charge in [0.2, 0.25) is 11.8 Å². The Labute approximate surface area is 179 Å². The van der Waals surface area contributed by atoms with E-state index in [1.165, 1.54) is 12.1 Å². The third-order valence-electron chi connectivity index (χ3n) is 5.90. The van der Waals surface area contributed by atoms with Crippen LogP contribution in [0.3, 0.4) is 0 Å². The number of likely N-dealkylation sites (tertiary alicyclic amines) is 2. The summed E-state index contributed by atoms with van der Waals surface area (Å²) in [6.07, 6.45) is -3.50. The van der Waals surface area contributed by atoms with Gasteiger partial charge in [-0.15, -0.1) is 0 Å². The smallest absolute Gasteiger partial charge is 0.349 e. The van der Waals surface area contributed by atoms with Gasteiger partial charge in [0.15, 0.2) is 0 Å². The van der Waals surface area contributed by atoms with E-state index in [2.05, 4.69) is 5.32 Å². The fourth-order valence-corrected chi connectivity index (χ4v) is 4.21. The number of hydrogen-bond donors (Lipinski definition) is 1. The summed E-state index contributed by atoms with van der Waals surface area (Å²) in [6, 6.07) is 4.39. The van der Waals surface area contributed by atoms with Crippen molar-refractivity contribution in [3.05, 3.63) is 35.4 Å². The Balaban J connectivity index is 1.55. The fraction of sp³-hybridized carbons (Fsp3) is 0.591. The van der Waals surface area contributed by atoms with Crippen LogP contribution in [0.15, 0.2) is 24.3 Å². The summed E-state index contributed by atoms with van der Waals surface area (Å²) in [7, 11) is 0. The first-order valence-corrected chi connectivity index (χ1v) is 10.4. The molecule has 2 fully saturated rings. The molecule has 1 N–H and O–H groups in total. The van der Waals surface area contributed by atoms with Crippen LogP contribution in [0, 0.1) is 5.92 Å². The second kappa shape index (κ2) is 8.51. The van der Waals surface area contributed by atoms with Crippen molar-refractivity contribution in [1.29, 1.82) is 0 Å². The molecule has 1 unspecified atom stereocenters. The lowest BCUT2D eigenvalue weighted by Gasteiger charge is -2.35. The number of rotatable bonds is 3. The number of nitrogens with one attached hydrogen (secondary N) is 1. The van der Waals surface area contributed by atoms with Crippen LogP contribution in [0.25, 0.3) is 0 Å². The number of halogens is 3. The number of nitrogens with zero attached hydrogens (tertiary/aromatic N) is 2. The van der Waals surface area contributed by atoms with Gasteiger partial charge in [-0.3, -0.25) is 14.4 Å². The monoisotopic (exact) mass is 439 g/mol. The third-order valence-corrected chi connectivity index (χ3v) is 5.90. The van der Waals surface area contributed by atoms with Crippen molar-refractivity contribution in [1.82, 2.24) is 15.1 Å². The Morgan fingerprint density at radius 2 is 1.68 bits per heavy atom. The van der Waals surface area contributed by atoms with Gasteiger partial charge in [0, 0.05) is 37.6 Å².